The second-order valence-electron chi connectivity index (χ2n) is 4.95. The van der Waals surface area contributed by atoms with Crippen LogP contribution in [0.5, 0.6) is 0 Å². The molecule has 1 aromatic heterocycles. The summed E-state index contributed by atoms with van der Waals surface area (Å²) in [4.78, 5) is 18.2. The number of likely N-dealkylation sites (N-methyl/N-ethyl adjacent to an activating group) is 1. The van der Waals surface area contributed by atoms with E-state index in [2.05, 4.69) is 16.9 Å². The van der Waals surface area contributed by atoms with E-state index >= 15 is 0 Å². The number of carbonyl (C=O) groups is 1. The Balaban J connectivity index is 1.73. The van der Waals surface area contributed by atoms with Gasteiger partial charge in [0.1, 0.15) is 0 Å². The molecule has 0 saturated carbocycles. The van der Waals surface area contributed by atoms with Crippen LogP contribution in [0.15, 0.2) is 54.9 Å². The van der Waals surface area contributed by atoms with Crippen LogP contribution in [0.2, 0.25) is 0 Å². The van der Waals surface area contributed by atoms with Crippen LogP contribution in [-0.2, 0) is 6.42 Å². The molecule has 2 aromatic rings. The molecule has 0 atom stereocenters. The zero-order chi connectivity index (χ0) is 14.2. The summed E-state index contributed by atoms with van der Waals surface area (Å²) in [5, 5.41) is 0. The first-order valence-corrected chi connectivity index (χ1v) is 6.91. The highest BCUT2D eigenvalue weighted by atomic mass is 16.1. The molecule has 0 saturated heterocycles. The third-order valence-electron chi connectivity index (χ3n) is 3.35. The van der Waals surface area contributed by atoms with Crippen molar-refractivity contribution in [3.63, 3.8) is 0 Å². The SMILES string of the molecule is CN(CCC(=O)c1ccccc1)CCc1ccncc1. The predicted molar refractivity (Wildman–Crippen MR) is 80.8 cm³/mol. The van der Waals surface area contributed by atoms with Crippen molar-refractivity contribution in [2.75, 3.05) is 20.1 Å². The molecule has 0 aliphatic heterocycles. The van der Waals surface area contributed by atoms with Gasteiger partial charge < -0.3 is 4.90 Å². The highest BCUT2D eigenvalue weighted by Gasteiger charge is 2.07. The lowest BCUT2D eigenvalue weighted by Gasteiger charge is -2.16. The molecule has 3 heteroatoms. The summed E-state index contributed by atoms with van der Waals surface area (Å²) in [6.07, 6.45) is 5.18. The van der Waals surface area contributed by atoms with Gasteiger partial charge in [0.2, 0.25) is 0 Å². The van der Waals surface area contributed by atoms with Gasteiger partial charge in [-0.2, -0.15) is 0 Å². The average Bonchev–Trinajstić information content (AvgIpc) is 2.52. The Hall–Kier alpha value is -2.00. The summed E-state index contributed by atoms with van der Waals surface area (Å²) in [7, 11) is 2.06. The minimum atomic E-state index is 0.210. The number of pyridine rings is 1. The Labute approximate surface area is 120 Å². The molecule has 0 aliphatic rings. The molecule has 0 aliphatic carbocycles. The maximum Gasteiger partial charge on any atom is 0.164 e. The van der Waals surface area contributed by atoms with E-state index < -0.39 is 0 Å². The molecule has 0 N–H and O–H groups in total. The van der Waals surface area contributed by atoms with Gasteiger partial charge in [0, 0.05) is 37.5 Å². The number of benzene rings is 1. The molecule has 0 unspecified atom stereocenters. The molecule has 1 heterocycles. The maximum atomic E-state index is 12.0. The van der Waals surface area contributed by atoms with Crippen molar-refractivity contribution in [2.24, 2.45) is 0 Å². The van der Waals surface area contributed by atoms with E-state index in [1.807, 2.05) is 54.9 Å². The van der Waals surface area contributed by atoms with Gasteiger partial charge in [0.05, 0.1) is 0 Å². The average molecular weight is 268 g/mol. The number of Topliss-reactive ketones (excluding diaryl/α,β-unsaturated/α-hetero) is 1. The topological polar surface area (TPSA) is 33.2 Å². The first-order chi connectivity index (χ1) is 9.75. The first kappa shape index (κ1) is 14.4. The van der Waals surface area contributed by atoms with E-state index in [4.69, 9.17) is 0 Å². The number of aromatic nitrogens is 1. The lowest BCUT2D eigenvalue weighted by Crippen LogP contribution is -2.24. The molecule has 104 valence electrons. The predicted octanol–water partition coefficient (Wildman–Crippen LogP) is 2.83. The van der Waals surface area contributed by atoms with E-state index in [1.165, 1.54) is 5.56 Å². The van der Waals surface area contributed by atoms with Crippen LogP contribution in [-0.4, -0.2) is 35.8 Å². The van der Waals surface area contributed by atoms with Gasteiger partial charge in [0.15, 0.2) is 5.78 Å². The van der Waals surface area contributed by atoms with Crippen LogP contribution < -0.4 is 0 Å². The molecule has 0 radical (unpaired) electrons. The van der Waals surface area contributed by atoms with E-state index in [0.717, 1.165) is 25.1 Å². The molecular weight excluding hydrogens is 248 g/mol. The lowest BCUT2D eigenvalue weighted by atomic mass is 10.1. The molecule has 1 aromatic carbocycles. The summed E-state index contributed by atoms with van der Waals surface area (Å²) in [5.74, 6) is 0.210. The number of hydrogen-bond acceptors (Lipinski definition) is 3. The summed E-state index contributed by atoms with van der Waals surface area (Å²) < 4.78 is 0. The van der Waals surface area contributed by atoms with Crippen LogP contribution in [0.25, 0.3) is 0 Å². The quantitative estimate of drug-likeness (QED) is 0.724. The van der Waals surface area contributed by atoms with Crippen molar-refractivity contribution in [1.29, 1.82) is 0 Å². The first-order valence-electron chi connectivity index (χ1n) is 6.91. The summed E-state index contributed by atoms with van der Waals surface area (Å²) >= 11 is 0. The molecule has 2 rings (SSSR count). The molecule has 20 heavy (non-hydrogen) atoms. The van der Waals surface area contributed by atoms with E-state index in [0.29, 0.717) is 6.42 Å². The van der Waals surface area contributed by atoms with Crippen LogP contribution in [0.4, 0.5) is 0 Å². The van der Waals surface area contributed by atoms with Gasteiger partial charge >= 0.3 is 0 Å². The van der Waals surface area contributed by atoms with Crippen molar-refractivity contribution < 1.29 is 4.79 Å². The molecule has 0 amide bonds. The number of nitrogens with zero attached hydrogens (tertiary/aromatic N) is 2. The Morgan fingerprint density at radius 2 is 1.75 bits per heavy atom. The van der Waals surface area contributed by atoms with Crippen LogP contribution in [0.1, 0.15) is 22.3 Å². The number of carbonyl (C=O) groups excluding carboxylic acids is 1. The van der Waals surface area contributed by atoms with Crippen LogP contribution in [0.3, 0.4) is 0 Å². The Morgan fingerprint density at radius 1 is 1.05 bits per heavy atom. The van der Waals surface area contributed by atoms with Crippen LogP contribution >= 0.6 is 0 Å². The smallest absolute Gasteiger partial charge is 0.164 e. The normalized spacial score (nSPS) is 10.7. The van der Waals surface area contributed by atoms with Gasteiger partial charge in [-0.25, -0.2) is 0 Å². The van der Waals surface area contributed by atoms with Gasteiger partial charge in [0.25, 0.3) is 0 Å². The molecule has 3 nitrogen and oxygen atoms in total. The third-order valence-corrected chi connectivity index (χ3v) is 3.35. The highest BCUT2D eigenvalue weighted by molar-refractivity contribution is 5.96. The van der Waals surface area contributed by atoms with Gasteiger partial charge in [-0.15, -0.1) is 0 Å². The van der Waals surface area contributed by atoms with Crippen LogP contribution in [0, 0.1) is 0 Å². The van der Waals surface area contributed by atoms with Crippen molar-refractivity contribution in [2.45, 2.75) is 12.8 Å². The van der Waals surface area contributed by atoms with Crippen molar-refractivity contribution in [3.05, 3.63) is 66.0 Å². The zero-order valence-corrected chi connectivity index (χ0v) is 11.8. The van der Waals surface area contributed by atoms with Crippen molar-refractivity contribution in [3.8, 4) is 0 Å². The van der Waals surface area contributed by atoms with Crippen molar-refractivity contribution in [1.82, 2.24) is 9.88 Å². The van der Waals surface area contributed by atoms with E-state index in [-0.39, 0.29) is 5.78 Å². The van der Waals surface area contributed by atoms with Gasteiger partial charge in [-0.1, -0.05) is 30.3 Å². The van der Waals surface area contributed by atoms with Gasteiger partial charge in [-0.3, -0.25) is 9.78 Å². The molecule has 0 fully saturated rings. The van der Waals surface area contributed by atoms with Crippen molar-refractivity contribution >= 4 is 5.78 Å². The maximum absolute atomic E-state index is 12.0. The minimum Gasteiger partial charge on any atom is -0.306 e. The Morgan fingerprint density at radius 3 is 2.45 bits per heavy atom. The molecule has 0 bridgehead atoms. The fraction of sp³-hybridized carbons (Fsp3) is 0.294. The minimum absolute atomic E-state index is 0.210. The summed E-state index contributed by atoms with van der Waals surface area (Å²) in [6.45, 7) is 1.74. The van der Waals surface area contributed by atoms with E-state index in [9.17, 15) is 4.79 Å². The standard InChI is InChI=1S/C17H20N2O/c1-19(13-9-15-7-11-18-12-8-15)14-10-17(20)16-5-3-2-4-6-16/h2-8,11-12H,9-10,13-14H2,1H3. The van der Waals surface area contributed by atoms with E-state index in [1.54, 1.807) is 0 Å². The summed E-state index contributed by atoms with van der Waals surface area (Å²) in [5.41, 5.74) is 2.08. The number of rotatable bonds is 7. The number of ketones is 1. The Bertz CT molecular complexity index is 525. The molecular formula is C17H20N2O. The third kappa shape index (κ3) is 4.59. The zero-order valence-electron chi connectivity index (χ0n) is 11.8. The monoisotopic (exact) mass is 268 g/mol. The van der Waals surface area contributed by atoms with Gasteiger partial charge in [-0.05, 0) is 31.2 Å². The second kappa shape index (κ2) is 7.56. The largest absolute Gasteiger partial charge is 0.306 e. The summed E-state index contributed by atoms with van der Waals surface area (Å²) in [6, 6.07) is 13.5. The lowest BCUT2D eigenvalue weighted by molar-refractivity contribution is 0.0969. The fourth-order valence-electron chi connectivity index (χ4n) is 2.04. The highest BCUT2D eigenvalue weighted by Crippen LogP contribution is 2.04. The molecule has 0 spiro atoms. The Kier molecular flexibility index (Phi) is 5.44. The fourth-order valence-corrected chi connectivity index (χ4v) is 2.04. The number of hydrogen-bond donors (Lipinski definition) is 0. The second-order valence-corrected chi connectivity index (χ2v) is 4.95.